The predicted octanol–water partition coefficient (Wildman–Crippen LogP) is 7.69. The highest BCUT2D eigenvalue weighted by Gasteiger charge is 2.08. The van der Waals surface area contributed by atoms with Crippen molar-refractivity contribution < 1.29 is 9.53 Å². The monoisotopic (exact) mass is 409 g/mol. The van der Waals surface area contributed by atoms with Crippen molar-refractivity contribution in [3.63, 3.8) is 0 Å². The van der Waals surface area contributed by atoms with Gasteiger partial charge in [-0.25, -0.2) is 4.79 Å². The lowest BCUT2D eigenvalue weighted by Gasteiger charge is -2.11. The van der Waals surface area contributed by atoms with Crippen LogP contribution in [0.25, 0.3) is 0 Å². The Labute approximate surface area is 182 Å². The van der Waals surface area contributed by atoms with Crippen LogP contribution in [0.4, 0.5) is 0 Å². The van der Waals surface area contributed by atoms with Gasteiger partial charge in [0.1, 0.15) is 6.61 Å². The third-order valence-electron chi connectivity index (χ3n) is 5.64. The van der Waals surface area contributed by atoms with E-state index in [1.165, 1.54) is 103 Å². The molecule has 0 fully saturated rings. The standard InChI is InChI=1S/C26H51NO2/c1-5-6-7-8-9-10-11-12-13-14-15-16-17-18-19-20-21-22-25(2)26(28)29-24-23-27(3)4/h2,5-24H2,1,3-4H3. The Balaban J connectivity index is 3.23. The fraction of sp³-hybridized carbons (Fsp3) is 0.885. The van der Waals surface area contributed by atoms with Crippen molar-refractivity contribution in [2.45, 2.75) is 122 Å². The van der Waals surface area contributed by atoms with Crippen LogP contribution in [0, 0.1) is 0 Å². The number of carbonyl (C=O) groups excluding carboxylic acids is 1. The highest BCUT2D eigenvalue weighted by molar-refractivity contribution is 5.87. The van der Waals surface area contributed by atoms with Crippen molar-refractivity contribution in [1.82, 2.24) is 4.90 Å². The molecule has 172 valence electrons. The van der Waals surface area contributed by atoms with Crippen LogP contribution in [0.2, 0.25) is 0 Å². The SMILES string of the molecule is C=C(CCCCCCCCCCCCCCCCCCC)C(=O)OCCN(C)C. The summed E-state index contributed by atoms with van der Waals surface area (Å²) < 4.78 is 5.22. The summed E-state index contributed by atoms with van der Waals surface area (Å²) in [4.78, 5) is 13.8. The van der Waals surface area contributed by atoms with Gasteiger partial charge in [-0.05, 0) is 26.9 Å². The zero-order valence-corrected chi connectivity index (χ0v) is 20.1. The van der Waals surface area contributed by atoms with Gasteiger partial charge >= 0.3 is 5.97 Å². The van der Waals surface area contributed by atoms with Crippen LogP contribution in [-0.2, 0) is 9.53 Å². The highest BCUT2D eigenvalue weighted by Crippen LogP contribution is 2.15. The van der Waals surface area contributed by atoms with Crippen LogP contribution in [0.3, 0.4) is 0 Å². The number of hydrogen-bond acceptors (Lipinski definition) is 3. The summed E-state index contributed by atoms with van der Waals surface area (Å²) in [5, 5.41) is 0. The van der Waals surface area contributed by atoms with E-state index in [0.29, 0.717) is 12.2 Å². The number of nitrogens with zero attached hydrogens (tertiary/aromatic N) is 1. The van der Waals surface area contributed by atoms with Gasteiger partial charge in [-0.1, -0.05) is 116 Å². The van der Waals surface area contributed by atoms with E-state index >= 15 is 0 Å². The average molecular weight is 410 g/mol. The van der Waals surface area contributed by atoms with Crippen molar-refractivity contribution in [2.75, 3.05) is 27.2 Å². The minimum absolute atomic E-state index is 0.219. The predicted molar refractivity (Wildman–Crippen MR) is 127 cm³/mol. The van der Waals surface area contributed by atoms with Crippen LogP contribution < -0.4 is 0 Å². The molecule has 0 aromatic heterocycles. The van der Waals surface area contributed by atoms with Crippen molar-refractivity contribution in [3.8, 4) is 0 Å². The van der Waals surface area contributed by atoms with Gasteiger partial charge < -0.3 is 9.64 Å². The van der Waals surface area contributed by atoms with Crippen molar-refractivity contribution in [2.24, 2.45) is 0 Å². The molecular weight excluding hydrogens is 358 g/mol. The summed E-state index contributed by atoms with van der Waals surface area (Å²) >= 11 is 0. The molecule has 3 heteroatoms. The smallest absolute Gasteiger partial charge is 0.333 e. The molecule has 0 aliphatic heterocycles. The number of esters is 1. The molecule has 0 atom stereocenters. The molecule has 0 aromatic rings. The van der Waals surface area contributed by atoms with Crippen molar-refractivity contribution in [3.05, 3.63) is 12.2 Å². The van der Waals surface area contributed by atoms with Crippen molar-refractivity contribution >= 4 is 5.97 Å². The number of hydrogen-bond donors (Lipinski definition) is 0. The number of likely N-dealkylation sites (N-methyl/N-ethyl adjacent to an activating group) is 1. The van der Waals surface area contributed by atoms with Gasteiger partial charge in [0.25, 0.3) is 0 Å². The average Bonchev–Trinajstić information content (AvgIpc) is 2.69. The summed E-state index contributed by atoms with van der Waals surface area (Å²) in [6.07, 6.45) is 24.1. The van der Waals surface area contributed by atoms with E-state index in [1.807, 2.05) is 19.0 Å². The fourth-order valence-corrected chi connectivity index (χ4v) is 3.59. The number of carbonyl (C=O) groups is 1. The molecule has 0 aromatic carbocycles. The Hall–Kier alpha value is -0.830. The maximum absolute atomic E-state index is 11.8. The summed E-state index contributed by atoms with van der Waals surface area (Å²) in [7, 11) is 3.94. The maximum Gasteiger partial charge on any atom is 0.333 e. The van der Waals surface area contributed by atoms with E-state index in [9.17, 15) is 4.79 Å². The lowest BCUT2D eigenvalue weighted by molar-refractivity contribution is -0.139. The molecular formula is C26H51NO2. The topological polar surface area (TPSA) is 29.5 Å². The van der Waals surface area contributed by atoms with Crippen LogP contribution in [0.1, 0.15) is 122 Å². The molecule has 0 saturated heterocycles. The molecule has 0 aliphatic rings. The largest absolute Gasteiger partial charge is 0.461 e. The second-order valence-electron chi connectivity index (χ2n) is 8.95. The van der Waals surface area contributed by atoms with Crippen LogP contribution >= 0.6 is 0 Å². The lowest BCUT2D eigenvalue weighted by atomic mass is 10.0. The van der Waals surface area contributed by atoms with Gasteiger partial charge in [0.15, 0.2) is 0 Å². The van der Waals surface area contributed by atoms with Gasteiger partial charge in [-0.3, -0.25) is 0 Å². The fourth-order valence-electron chi connectivity index (χ4n) is 3.59. The normalized spacial score (nSPS) is 11.2. The first kappa shape index (κ1) is 28.2. The molecule has 0 rings (SSSR count). The second kappa shape index (κ2) is 21.9. The first-order valence-electron chi connectivity index (χ1n) is 12.6. The molecule has 0 spiro atoms. The third-order valence-corrected chi connectivity index (χ3v) is 5.64. The van der Waals surface area contributed by atoms with E-state index in [-0.39, 0.29) is 5.97 Å². The van der Waals surface area contributed by atoms with E-state index in [1.54, 1.807) is 0 Å². The molecule has 0 unspecified atom stereocenters. The van der Waals surface area contributed by atoms with Gasteiger partial charge in [0.2, 0.25) is 0 Å². The van der Waals surface area contributed by atoms with Crippen LogP contribution in [-0.4, -0.2) is 38.1 Å². The van der Waals surface area contributed by atoms with E-state index < -0.39 is 0 Å². The molecule has 0 aliphatic carbocycles. The number of ether oxygens (including phenoxy) is 1. The summed E-state index contributed by atoms with van der Waals surface area (Å²) in [6, 6.07) is 0. The minimum atomic E-state index is -0.219. The van der Waals surface area contributed by atoms with Crippen LogP contribution in [0.5, 0.6) is 0 Å². The summed E-state index contributed by atoms with van der Waals surface area (Å²) in [5.41, 5.74) is 0.629. The molecule has 0 N–H and O–H groups in total. The highest BCUT2D eigenvalue weighted by atomic mass is 16.5. The summed E-state index contributed by atoms with van der Waals surface area (Å²) in [6.45, 7) is 7.37. The lowest BCUT2D eigenvalue weighted by Crippen LogP contribution is -2.20. The Morgan fingerprint density at radius 1 is 0.690 bits per heavy atom. The first-order valence-corrected chi connectivity index (χ1v) is 12.6. The van der Waals surface area contributed by atoms with Gasteiger partial charge in [-0.2, -0.15) is 0 Å². The zero-order valence-electron chi connectivity index (χ0n) is 20.1. The first-order chi connectivity index (χ1) is 14.1. The summed E-state index contributed by atoms with van der Waals surface area (Å²) in [5.74, 6) is -0.219. The molecule has 0 saturated carbocycles. The Morgan fingerprint density at radius 3 is 1.45 bits per heavy atom. The second-order valence-corrected chi connectivity index (χ2v) is 8.95. The Kier molecular flexibility index (Phi) is 21.2. The number of rotatable bonds is 22. The van der Waals surface area contributed by atoms with Gasteiger partial charge in [0.05, 0.1) is 0 Å². The van der Waals surface area contributed by atoms with Gasteiger partial charge in [0, 0.05) is 12.1 Å². The van der Waals surface area contributed by atoms with Gasteiger partial charge in [-0.15, -0.1) is 0 Å². The molecule has 0 heterocycles. The van der Waals surface area contributed by atoms with E-state index in [0.717, 1.165) is 19.4 Å². The molecule has 29 heavy (non-hydrogen) atoms. The Morgan fingerprint density at radius 2 is 1.07 bits per heavy atom. The minimum Gasteiger partial charge on any atom is -0.461 e. The third kappa shape index (κ3) is 21.7. The molecule has 0 amide bonds. The molecule has 0 radical (unpaired) electrons. The molecule has 0 bridgehead atoms. The number of unbranched alkanes of at least 4 members (excludes halogenated alkanes) is 16. The van der Waals surface area contributed by atoms with E-state index in [4.69, 9.17) is 4.74 Å². The van der Waals surface area contributed by atoms with Crippen molar-refractivity contribution in [1.29, 1.82) is 0 Å². The molecule has 3 nitrogen and oxygen atoms in total. The zero-order chi connectivity index (χ0) is 21.6. The van der Waals surface area contributed by atoms with E-state index in [2.05, 4.69) is 13.5 Å². The maximum atomic E-state index is 11.8. The quantitative estimate of drug-likeness (QED) is 0.104. The Bertz CT molecular complexity index is 379. The van der Waals surface area contributed by atoms with Crippen LogP contribution in [0.15, 0.2) is 12.2 Å².